The minimum Gasteiger partial charge on any atom is -0.456 e. The predicted molar refractivity (Wildman–Crippen MR) is 331 cm³/mol. The van der Waals surface area contributed by atoms with Crippen LogP contribution in [0.15, 0.2) is 251 Å². The molecule has 2 heterocycles. The number of hydrogen-bond acceptors (Lipinski definition) is 4. The molecule has 14 aromatic rings. The number of rotatable bonds is 8. The molecule has 12 aromatic carbocycles. The lowest BCUT2D eigenvalue weighted by Gasteiger charge is -2.29. The highest BCUT2D eigenvalue weighted by Gasteiger charge is 2.24. The lowest BCUT2D eigenvalue weighted by Crippen LogP contribution is -2.14. The van der Waals surface area contributed by atoms with Gasteiger partial charge in [-0.25, -0.2) is 0 Å². The smallest absolute Gasteiger partial charge is 0.137 e. The van der Waals surface area contributed by atoms with Crippen molar-refractivity contribution in [3.8, 4) is 22.3 Å². The van der Waals surface area contributed by atoms with Crippen LogP contribution in [0, 0.1) is 0 Å². The predicted octanol–water partition coefficient (Wildman–Crippen LogP) is 21.8. The van der Waals surface area contributed by atoms with Gasteiger partial charge in [-0.15, -0.1) is 0 Å². The van der Waals surface area contributed by atoms with Crippen molar-refractivity contribution in [1.82, 2.24) is 0 Å². The van der Waals surface area contributed by atoms with Gasteiger partial charge in [0.1, 0.15) is 22.3 Å². The second kappa shape index (κ2) is 18.1. The number of benzene rings is 12. The van der Waals surface area contributed by atoms with Crippen molar-refractivity contribution in [1.29, 1.82) is 0 Å². The van der Waals surface area contributed by atoms with Gasteiger partial charge in [0.2, 0.25) is 0 Å². The molecule has 0 saturated heterocycles. The molecule has 0 aliphatic rings. The van der Waals surface area contributed by atoms with Crippen molar-refractivity contribution in [2.75, 3.05) is 9.80 Å². The van der Waals surface area contributed by atoms with Gasteiger partial charge < -0.3 is 18.6 Å². The van der Waals surface area contributed by atoms with Crippen LogP contribution < -0.4 is 9.80 Å². The number of anilines is 6. The molecule has 0 atom stereocenters. The molecule has 78 heavy (non-hydrogen) atoms. The van der Waals surface area contributed by atoms with Gasteiger partial charge in [0.05, 0.1) is 11.4 Å². The molecule has 0 amide bonds. The van der Waals surface area contributed by atoms with Crippen LogP contribution in [-0.2, 0) is 10.8 Å². The SMILES string of the molecule is CC(C)(C)c1ccc(N(c2ccc3c(c2)oc2cc4cc5c(cc4cc23)oc2cc(N(c3ccc(C(C)(C)C)cc3)c3cc4ccccc4cc3-c3ccccc3)ccc25)c2cc3ccccc3cc2-c2ccccc2)cc1. The van der Waals surface area contributed by atoms with Crippen molar-refractivity contribution in [2.45, 2.75) is 52.4 Å². The standard InChI is InChI=1S/C74H58N2O2/c1-73(2,3)55-25-29-57(30-26-55)75(67-41-51-23-15-13-21-49(51)37-63(67)47-17-9-7-10-18-47)59-33-35-61-65-39-53-44-70-66(40-54(53)43-69(65)77-71(61)45-59)62-36-34-60(46-72(62)78-70)76(58-31-27-56(28-32-58)74(4,5)6)68-42-52-24-16-14-22-50(52)38-64(68)48-19-11-8-12-20-48/h7-46H,1-6H3. The largest absolute Gasteiger partial charge is 0.456 e. The van der Waals surface area contributed by atoms with Crippen LogP contribution in [0.2, 0.25) is 0 Å². The van der Waals surface area contributed by atoms with Crippen molar-refractivity contribution in [3.05, 3.63) is 254 Å². The van der Waals surface area contributed by atoms with E-state index in [9.17, 15) is 0 Å². The van der Waals surface area contributed by atoms with E-state index in [1.54, 1.807) is 0 Å². The van der Waals surface area contributed by atoms with Crippen molar-refractivity contribution in [2.24, 2.45) is 0 Å². The first-order valence-corrected chi connectivity index (χ1v) is 27.1. The lowest BCUT2D eigenvalue weighted by molar-refractivity contribution is 0.590. The molecule has 0 fully saturated rings. The van der Waals surface area contributed by atoms with Crippen molar-refractivity contribution in [3.63, 3.8) is 0 Å². The maximum Gasteiger partial charge on any atom is 0.137 e. The summed E-state index contributed by atoms with van der Waals surface area (Å²) in [5.74, 6) is 0. The van der Waals surface area contributed by atoms with Gasteiger partial charge in [-0.1, -0.05) is 175 Å². The van der Waals surface area contributed by atoms with Gasteiger partial charge in [0.25, 0.3) is 0 Å². The van der Waals surface area contributed by atoms with E-state index in [-0.39, 0.29) is 10.8 Å². The van der Waals surface area contributed by atoms with E-state index in [0.29, 0.717) is 0 Å². The molecular formula is C74H58N2O2. The minimum absolute atomic E-state index is 0.0196. The molecule has 2 aromatic heterocycles. The van der Waals surface area contributed by atoms with Crippen LogP contribution in [0.25, 0.3) is 98.4 Å². The lowest BCUT2D eigenvalue weighted by atomic mass is 9.87. The average Bonchev–Trinajstić information content (AvgIpc) is 4.10. The molecule has 0 bridgehead atoms. The van der Waals surface area contributed by atoms with Crippen LogP contribution in [0.4, 0.5) is 34.1 Å². The Balaban J connectivity index is 0.891. The van der Waals surface area contributed by atoms with Crippen LogP contribution in [0.3, 0.4) is 0 Å². The van der Waals surface area contributed by atoms with Gasteiger partial charge in [-0.2, -0.15) is 0 Å². The summed E-state index contributed by atoms with van der Waals surface area (Å²) in [4.78, 5) is 4.78. The Morgan fingerprint density at radius 3 is 0.974 bits per heavy atom. The third-order valence-electron chi connectivity index (χ3n) is 15.9. The number of fused-ring (bicyclic) bond motifs is 9. The minimum atomic E-state index is 0.0196. The molecule has 376 valence electrons. The molecule has 0 unspecified atom stereocenters. The molecule has 0 radical (unpaired) electrons. The summed E-state index contributed by atoms with van der Waals surface area (Å²) >= 11 is 0. The van der Waals surface area contributed by atoms with Gasteiger partial charge in [0.15, 0.2) is 0 Å². The van der Waals surface area contributed by atoms with Crippen LogP contribution >= 0.6 is 0 Å². The van der Waals surface area contributed by atoms with E-state index < -0.39 is 0 Å². The Bertz CT molecular complexity index is 4310. The first kappa shape index (κ1) is 47.1. The fourth-order valence-corrected chi connectivity index (χ4v) is 11.6. The maximum atomic E-state index is 6.92. The summed E-state index contributed by atoms with van der Waals surface area (Å²) < 4.78 is 13.8. The van der Waals surface area contributed by atoms with Crippen molar-refractivity contribution >= 4 is 110 Å². The average molecular weight is 1010 g/mol. The number of nitrogens with zero attached hydrogens (tertiary/aromatic N) is 2. The summed E-state index contributed by atoms with van der Waals surface area (Å²) in [5.41, 5.74) is 17.0. The molecule has 4 heteroatoms. The molecule has 0 N–H and O–H groups in total. The van der Waals surface area contributed by atoms with Gasteiger partial charge in [-0.3, -0.25) is 0 Å². The molecule has 0 aliphatic carbocycles. The number of hydrogen-bond donors (Lipinski definition) is 0. The van der Waals surface area contributed by atoms with E-state index in [1.807, 2.05) is 0 Å². The molecular weight excluding hydrogens is 949 g/mol. The second-order valence-corrected chi connectivity index (χ2v) is 23.0. The Morgan fingerprint density at radius 1 is 0.269 bits per heavy atom. The van der Waals surface area contributed by atoms with Gasteiger partial charge in [0, 0.05) is 67.6 Å². The van der Waals surface area contributed by atoms with Crippen LogP contribution in [0.1, 0.15) is 52.7 Å². The summed E-state index contributed by atoms with van der Waals surface area (Å²) in [6.45, 7) is 13.6. The number of furan rings is 2. The Kier molecular flexibility index (Phi) is 11.0. The summed E-state index contributed by atoms with van der Waals surface area (Å²) in [7, 11) is 0. The Morgan fingerprint density at radius 2 is 0.603 bits per heavy atom. The van der Waals surface area contributed by atoms with Gasteiger partial charge >= 0.3 is 0 Å². The van der Waals surface area contributed by atoms with E-state index in [1.165, 1.54) is 32.7 Å². The molecule has 4 nitrogen and oxygen atoms in total. The zero-order valence-corrected chi connectivity index (χ0v) is 44.8. The fraction of sp³-hybridized carbons (Fsp3) is 0.108. The first-order chi connectivity index (χ1) is 37.9. The molecule has 0 spiro atoms. The van der Waals surface area contributed by atoms with Crippen molar-refractivity contribution < 1.29 is 8.83 Å². The van der Waals surface area contributed by atoms with E-state index in [4.69, 9.17) is 8.83 Å². The Hall–Kier alpha value is -9.38. The quantitative estimate of drug-likeness (QED) is 0.152. The van der Waals surface area contributed by atoms with Crippen LogP contribution in [-0.4, -0.2) is 0 Å². The molecule has 14 rings (SSSR count). The Labute approximate surface area is 455 Å². The normalized spacial score (nSPS) is 12.2. The van der Waals surface area contributed by atoms with E-state index in [0.717, 1.165) is 111 Å². The second-order valence-electron chi connectivity index (χ2n) is 23.0. The highest BCUT2D eigenvalue weighted by atomic mass is 16.3. The molecule has 0 aliphatic heterocycles. The molecule has 0 saturated carbocycles. The fourth-order valence-electron chi connectivity index (χ4n) is 11.6. The monoisotopic (exact) mass is 1010 g/mol. The highest BCUT2D eigenvalue weighted by Crippen LogP contribution is 2.48. The maximum absolute atomic E-state index is 6.92. The highest BCUT2D eigenvalue weighted by molar-refractivity contribution is 6.16. The summed E-state index contributed by atoms with van der Waals surface area (Å²) in [6.07, 6.45) is 0. The van der Waals surface area contributed by atoms with Crippen LogP contribution in [0.5, 0.6) is 0 Å². The summed E-state index contributed by atoms with van der Waals surface area (Å²) in [6, 6.07) is 88.4. The summed E-state index contributed by atoms with van der Waals surface area (Å²) in [5, 5.41) is 11.2. The third-order valence-corrected chi connectivity index (χ3v) is 15.9. The zero-order chi connectivity index (χ0) is 52.9. The third kappa shape index (κ3) is 8.24. The topological polar surface area (TPSA) is 32.8 Å². The van der Waals surface area contributed by atoms with E-state index >= 15 is 0 Å². The van der Waals surface area contributed by atoms with Gasteiger partial charge in [-0.05, 0) is 162 Å². The first-order valence-electron chi connectivity index (χ1n) is 27.1. The van der Waals surface area contributed by atoms with E-state index in [2.05, 4.69) is 294 Å². The zero-order valence-electron chi connectivity index (χ0n) is 44.8.